The highest BCUT2D eigenvalue weighted by Crippen LogP contribution is 2.32. The number of aromatic nitrogens is 1. The Kier molecular flexibility index (Phi) is 3.63. The third-order valence-corrected chi connectivity index (χ3v) is 4.40. The molecule has 1 atom stereocenters. The SMILES string of the molecule is NC[C@@H](NC(=O)c1cc2c3c(nccc3c1)NC2)c1ccccc1. The van der Waals surface area contributed by atoms with Crippen LogP contribution in [0.3, 0.4) is 0 Å². The van der Waals surface area contributed by atoms with Gasteiger partial charge in [-0.15, -0.1) is 0 Å². The van der Waals surface area contributed by atoms with Gasteiger partial charge in [0, 0.05) is 30.2 Å². The van der Waals surface area contributed by atoms with Crippen LogP contribution < -0.4 is 16.4 Å². The van der Waals surface area contributed by atoms with Gasteiger partial charge in [-0.1, -0.05) is 30.3 Å². The highest BCUT2D eigenvalue weighted by Gasteiger charge is 2.19. The second kappa shape index (κ2) is 5.94. The van der Waals surface area contributed by atoms with Gasteiger partial charge in [0.05, 0.1) is 6.04 Å². The van der Waals surface area contributed by atoms with Crippen molar-refractivity contribution in [2.75, 3.05) is 11.9 Å². The molecule has 4 N–H and O–H groups in total. The van der Waals surface area contributed by atoms with E-state index in [0.29, 0.717) is 18.7 Å². The van der Waals surface area contributed by atoms with Crippen LogP contribution in [0.5, 0.6) is 0 Å². The van der Waals surface area contributed by atoms with E-state index in [2.05, 4.69) is 15.6 Å². The molecule has 0 radical (unpaired) electrons. The molecule has 0 saturated carbocycles. The molecule has 2 heterocycles. The Bertz CT molecular complexity index is 908. The number of nitrogens with zero attached hydrogens (tertiary/aromatic N) is 1. The first-order chi connectivity index (χ1) is 11.8. The van der Waals surface area contributed by atoms with E-state index in [0.717, 1.165) is 27.7 Å². The highest BCUT2D eigenvalue weighted by molar-refractivity contribution is 6.04. The first-order valence-corrected chi connectivity index (χ1v) is 7.97. The number of pyridine rings is 1. The van der Waals surface area contributed by atoms with Gasteiger partial charge in [0.25, 0.3) is 5.91 Å². The minimum atomic E-state index is -0.200. The molecule has 4 rings (SSSR count). The molecule has 2 aromatic carbocycles. The summed E-state index contributed by atoms with van der Waals surface area (Å²) < 4.78 is 0. The average Bonchev–Trinajstić information content (AvgIpc) is 3.05. The molecule has 24 heavy (non-hydrogen) atoms. The van der Waals surface area contributed by atoms with Crippen LogP contribution in [0.1, 0.15) is 27.5 Å². The van der Waals surface area contributed by atoms with Crippen LogP contribution in [0.2, 0.25) is 0 Å². The monoisotopic (exact) mass is 318 g/mol. The molecular weight excluding hydrogens is 300 g/mol. The summed E-state index contributed by atoms with van der Waals surface area (Å²) in [6.45, 7) is 1.05. The van der Waals surface area contributed by atoms with Crippen LogP contribution in [-0.2, 0) is 6.54 Å². The average molecular weight is 318 g/mol. The fraction of sp³-hybridized carbons (Fsp3) is 0.158. The van der Waals surface area contributed by atoms with Crippen molar-refractivity contribution in [2.45, 2.75) is 12.6 Å². The van der Waals surface area contributed by atoms with Crippen molar-refractivity contribution in [1.82, 2.24) is 10.3 Å². The van der Waals surface area contributed by atoms with Gasteiger partial charge in [-0.25, -0.2) is 4.98 Å². The molecule has 0 spiro atoms. The Morgan fingerprint density at radius 2 is 2.08 bits per heavy atom. The van der Waals surface area contributed by atoms with Crippen molar-refractivity contribution in [3.63, 3.8) is 0 Å². The third kappa shape index (κ3) is 2.49. The van der Waals surface area contributed by atoms with Crippen molar-refractivity contribution in [1.29, 1.82) is 0 Å². The van der Waals surface area contributed by atoms with Crippen molar-refractivity contribution in [2.24, 2.45) is 5.73 Å². The molecule has 3 aromatic rings. The maximum absolute atomic E-state index is 12.7. The van der Waals surface area contributed by atoms with E-state index in [1.54, 1.807) is 6.20 Å². The molecule has 5 heteroatoms. The van der Waals surface area contributed by atoms with Crippen LogP contribution in [0, 0.1) is 0 Å². The molecule has 1 aromatic heterocycles. The summed E-state index contributed by atoms with van der Waals surface area (Å²) >= 11 is 0. The lowest BCUT2D eigenvalue weighted by Crippen LogP contribution is -2.33. The van der Waals surface area contributed by atoms with Crippen LogP contribution >= 0.6 is 0 Å². The van der Waals surface area contributed by atoms with E-state index < -0.39 is 0 Å². The summed E-state index contributed by atoms with van der Waals surface area (Å²) in [4.78, 5) is 17.0. The van der Waals surface area contributed by atoms with Gasteiger partial charge in [0.15, 0.2) is 0 Å². The zero-order chi connectivity index (χ0) is 16.5. The Labute approximate surface area is 139 Å². The maximum Gasteiger partial charge on any atom is 0.251 e. The largest absolute Gasteiger partial charge is 0.365 e. The molecule has 1 aliphatic rings. The second-order valence-corrected chi connectivity index (χ2v) is 5.92. The standard InChI is InChI=1S/C19H18N4O/c20-10-16(12-4-2-1-3-5-12)23-19(24)14-8-13-6-7-21-18-17(13)15(9-14)11-22-18/h1-9,16H,10-11,20H2,(H,21,22)(H,23,24)/t16-/m1/s1. The zero-order valence-corrected chi connectivity index (χ0v) is 13.1. The first kappa shape index (κ1) is 14.7. The van der Waals surface area contributed by atoms with Crippen molar-refractivity contribution >= 4 is 22.5 Å². The number of hydrogen-bond acceptors (Lipinski definition) is 4. The molecule has 1 aliphatic heterocycles. The van der Waals surface area contributed by atoms with Crippen LogP contribution in [0.4, 0.5) is 5.82 Å². The van der Waals surface area contributed by atoms with E-state index >= 15 is 0 Å². The molecule has 5 nitrogen and oxygen atoms in total. The summed E-state index contributed by atoms with van der Waals surface area (Å²) in [5, 5.41) is 8.42. The summed E-state index contributed by atoms with van der Waals surface area (Å²) in [5.74, 6) is 0.774. The molecule has 0 fully saturated rings. The predicted octanol–water partition coefficient (Wildman–Crippen LogP) is 2.59. The normalized spacial score (nSPS) is 13.5. The van der Waals surface area contributed by atoms with Crippen LogP contribution in [0.25, 0.3) is 10.8 Å². The van der Waals surface area contributed by atoms with E-state index in [-0.39, 0.29) is 11.9 Å². The number of hydrogen-bond donors (Lipinski definition) is 3. The van der Waals surface area contributed by atoms with Crippen molar-refractivity contribution < 1.29 is 4.79 Å². The van der Waals surface area contributed by atoms with Gasteiger partial charge in [-0.2, -0.15) is 0 Å². The molecule has 0 saturated heterocycles. The smallest absolute Gasteiger partial charge is 0.251 e. The molecule has 0 aliphatic carbocycles. The minimum absolute atomic E-state index is 0.113. The molecule has 0 unspecified atom stereocenters. The summed E-state index contributed by atoms with van der Waals surface area (Å²) in [5.41, 5.74) is 8.61. The summed E-state index contributed by atoms with van der Waals surface area (Å²) in [7, 11) is 0. The molecule has 0 bridgehead atoms. The fourth-order valence-electron chi connectivity index (χ4n) is 3.19. The molecular formula is C19H18N4O. The Morgan fingerprint density at radius 3 is 2.88 bits per heavy atom. The highest BCUT2D eigenvalue weighted by atomic mass is 16.1. The number of amides is 1. The maximum atomic E-state index is 12.7. The van der Waals surface area contributed by atoms with E-state index in [4.69, 9.17) is 5.73 Å². The van der Waals surface area contributed by atoms with E-state index in [1.165, 1.54) is 0 Å². The van der Waals surface area contributed by atoms with E-state index in [1.807, 2.05) is 48.5 Å². The van der Waals surface area contributed by atoms with Crippen LogP contribution in [0.15, 0.2) is 54.7 Å². The number of nitrogens with two attached hydrogens (primary N) is 1. The Balaban J connectivity index is 1.65. The number of rotatable bonds is 4. The van der Waals surface area contributed by atoms with Gasteiger partial charge in [-0.3, -0.25) is 4.79 Å². The fourth-order valence-corrected chi connectivity index (χ4v) is 3.19. The Hall–Kier alpha value is -2.92. The Morgan fingerprint density at radius 1 is 1.25 bits per heavy atom. The predicted molar refractivity (Wildman–Crippen MR) is 94.8 cm³/mol. The third-order valence-electron chi connectivity index (χ3n) is 4.40. The summed E-state index contributed by atoms with van der Waals surface area (Å²) in [6.07, 6.45) is 1.76. The van der Waals surface area contributed by atoms with Crippen molar-refractivity contribution in [3.8, 4) is 0 Å². The van der Waals surface area contributed by atoms with Gasteiger partial charge < -0.3 is 16.4 Å². The summed E-state index contributed by atoms with van der Waals surface area (Å²) in [6, 6.07) is 15.4. The molecule has 1 amide bonds. The lowest BCUT2D eigenvalue weighted by molar-refractivity contribution is 0.0938. The van der Waals surface area contributed by atoms with Gasteiger partial charge in [0.2, 0.25) is 0 Å². The van der Waals surface area contributed by atoms with Crippen molar-refractivity contribution in [3.05, 3.63) is 71.4 Å². The minimum Gasteiger partial charge on any atom is -0.365 e. The number of carbonyl (C=O) groups is 1. The number of anilines is 1. The van der Waals surface area contributed by atoms with Gasteiger partial charge >= 0.3 is 0 Å². The first-order valence-electron chi connectivity index (χ1n) is 7.97. The van der Waals surface area contributed by atoms with E-state index in [9.17, 15) is 4.79 Å². The second-order valence-electron chi connectivity index (χ2n) is 5.92. The topological polar surface area (TPSA) is 80.0 Å². The lowest BCUT2D eigenvalue weighted by atomic mass is 10.0. The van der Waals surface area contributed by atoms with Crippen LogP contribution in [-0.4, -0.2) is 17.4 Å². The zero-order valence-electron chi connectivity index (χ0n) is 13.1. The molecule has 120 valence electrons. The van der Waals surface area contributed by atoms with Gasteiger partial charge in [-0.05, 0) is 34.7 Å². The number of benzene rings is 2. The van der Waals surface area contributed by atoms with Gasteiger partial charge in [0.1, 0.15) is 5.82 Å². The lowest BCUT2D eigenvalue weighted by Gasteiger charge is -2.17. The number of carbonyl (C=O) groups excluding carboxylic acids is 1. The number of nitrogens with one attached hydrogen (secondary N) is 2. The quantitative estimate of drug-likeness (QED) is 0.691.